The Morgan fingerprint density at radius 2 is 0.886 bits per heavy atom. The van der Waals surface area contributed by atoms with Crippen molar-refractivity contribution < 1.29 is 4.74 Å². The maximum atomic E-state index is 4.97. The Hall–Kier alpha value is -3.88. The molecule has 0 heterocycles. The van der Waals surface area contributed by atoms with Crippen molar-refractivity contribution in [2.24, 2.45) is 0 Å². The molecule has 0 saturated carbocycles. The molecular formula is C42H54OSi. The lowest BCUT2D eigenvalue weighted by atomic mass is 9.87. The summed E-state index contributed by atoms with van der Waals surface area (Å²) in [6, 6.07) is 48.6. The summed E-state index contributed by atoms with van der Waals surface area (Å²) in [6.45, 7) is 20.2. The van der Waals surface area contributed by atoms with Gasteiger partial charge >= 0.3 is 0 Å². The highest BCUT2D eigenvalue weighted by atomic mass is 28.3. The Morgan fingerprint density at radius 1 is 0.523 bits per heavy atom. The minimum atomic E-state index is -1.06. The zero-order chi connectivity index (χ0) is 32.6. The molecule has 0 saturated heterocycles. The van der Waals surface area contributed by atoms with Gasteiger partial charge in [-0.05, 0) is 48.1 Å². The highest BCUT2D eigenvalue weighted by Crippen LogP contribution is 2.23. The summed E-state index contributed by atoms with van der Waals surface area (Å²) in [5.74, 6) is 1.40. The van der Waals surface area contributed by atoms with Crippen molar-refractivity contribution in [1.29, 1.82) is 0 Å². The van der Waals surface area contributed by atoms with Gasteiger partial charge in [0.1, 0.15) is 5.75 Å². The van der Waals surface area contributed by atoms with Crippen LogP contribution in [0.2, 0.25) is 19.6 Å². The monoisotopic (exact) mass is 602 g/mol. The third-order valence-corrected chi connectivity index (χ3v) is 9.48. The van der Waals surface area contributed by atoms with Crippen LogP contribution in [0.1, 0.15) is 61.4 Å². The van der Waals surface area contributed by atoms with Crippen molar-refractivity contribution in [3.63, 3.8) is 0 Å². The van der Waals surface area contributed by atoms with Gasteiger partial charge in [-0.1, -0.05) is 191 Å². The molecule has 1 nitrogen and oxygen atoms in total. The lowest BCUT2D eigenvalue weighted by Crippen LogP contribution is -2.37. The van der Waals surface area contributed by atoms with Crippen LogP contribution in [0.3, 0.4) is 0 Å². The molecule has 5 rings (SSSR count). The second-order valence-corrected chi connectivity index (χ2v) is 18.4. The number of methoxy groups -OCH3 is 1. The topological polar surface area (TPSA) is 9.23 Å². The molecule has 0 spiro atoms. The first-order valence-corrected chi connectivity index (χ1v) is 19.1. The third-order valence-electron chi connectivity index (χ3n) is 7.41. The molecule has 0 aliphatic carbocycles. The Labute approximate surface area is 270 Å². The normalized spacial score (nSPS) is 10.7. The fourth-order valence-electron chi connectivity index (χ4n) is 4.34. The summed E-state index contributed by atoms with van der Waals surface area (Å²) in [5, 5.41) is 1.54. The predicted octanol–water partition coefficient (Wildman–Crippen LogP) is 11.4. The van der Waals surface area contributed by atoms with E-state index in [2.05, 4.69) is 176 Å². The first kappa shape index (κ1) is 36.3. The van der Waals surface area contributed by atoms with Gasteiger partial charge in [0.25, 0.3) is 0 Å². The van der Waals surface area contributed by atoms with Crippen LogP contribution in [0.15, 0.2) is 140 Å². The van der Waals surface area contributed by atoms with Crippen LogP contribution in [0.5, 0.6) is 5.75 Å². The molecule has 2 heteroatoms. The highest BCUT2D eigenvalue weighted by molar-refractivity contribution is 6.88. The van der Waals surface area contributed by atoms with Gasteiger partial charge in [0, 0.05) is 5.92 Å². The van der Waals surface area contributed by atoms with E-state index in [1.54, 1.807) is 12.3 Å². The minimum absolute atomic E-state index is 0.293. The van der Waals surface area contributed by atoms with Gasteiger partial charge in [0.15, 0.2) is 0 Å². The molecule has 0 aliphatic rings. The van der Waals surface area contributed by atoms with Crippen molar-refractivity contribution in [3.8, 4) is 5.75 Å². The minimum Gasteiger partial charge on any atom is -0.497 e. The van der Waals surface area contributed by atoms with Crippen molar-refractivity contribution in [2.45, 2.75) is 72.5 Å². The van der Waals surface area contributed by atoms with Crippen molar-refractivity contribution >= 4 is 13.3 Å². The number of hydrogen-bond donors (Lipinski definition) is 0. The van der Waals surface area contributed by atoms with Crippen LogP contribution in [-0.2, 0) is 5.41 Å². The van der Waals surface area contributed by atoms with E-state index in [4.69, 9.17) is 4.74 Å². The molecule has 5 aromatic rings. The number of hydrogen-bond acceptors (Lipinski definition) is 1. The van der Waals surface area contributed by atoms with E-state index >= 15 is 0 Å². The van der Waals surface area contributed by atoms with Gasteiger partial charge in [0.2, 0.25) is 0 Å². The van der Waals surface area contributed by atoms with Gasteiger partial charge in [-0.2, -0.15) is 0 Å². The third kappa shape index (κ3) is 13.6. The van der Waals surface area contributed by atoms with E-state index in [-0.39, 0.29) is 0 Å². The van der Waals surface area contributed by atoms with E-state index in [0.717, 1.165) is 5.75 Å². The van der Waals surface area contributed by atoms with Crippen LogP contribution in [0.4, 0.5) is 0 Å². The molecule has 5 aromatic carbocycles. The summed E-state index contributed by atoms with van der Waals surface area (Å²) in [7, 11) is 0.615. The Kier molecular flexibility index (Phi) is 14.9. The molecule has 0 N–H and O–H groups in total. The maximum absolute atomic E-state index is 4.97. The molecule has 0 atom stereocenters. The molecule has 0 bridgehead atoms. The summed E-state index contributed by atoms with van der Waals surface area (Å²) < 4.78 is 4.97. The molecule has 0 aromatic heterocycles. The molecule has 0 aliphatic heterocycles. The average molecular weight is 603 g/mol. The Bertz CT molecular complexity index is 1390. The lowest BCUT2D eigenvalue weighted by molar-refractivity contribution is 0.414. The quantitative estimate of drug-likeness (QED) is 0.186. The second kappa shape index (κ2) is 18.0. The SMILES string of the molecule is CC(C)(C)c1ccccc1.CC(c1ccccc1)c1ccccc1.COc1ccc(C)cc1.Cc1ccc([Si](C)(C)C)cc1. The zero-order valence-corrected chi connectivity index (χ0v) is 29.8. The molecule has 232 valence electrons. The first-order chi connectivity index (χ1) is 20.8. The van der Waals surface area contributed by atoms with Crippen LogP contribution < -0.4 is 9.92 Å². The van der Waals surface area contributed by atoms with Crippen LogP contribution in [0.25, 0.3) is 0 Å². The number of ether oxygens (including phenoxy) is 1. The summed E-state index contributed by atoms with van der Waals surface area (Å²) in [6.07, 6.45) is 0. The molecule has 0 radical (unpaired) electrons. The van der Waals surface area contributed by atoms with Crippen LogP contribution in [0, 0.1) is 13.8 Å². The van der Waals surface area contributed by atoms with Crippen molar-refractivity contribution in [3.05, 3.63) is 167 Å². The second-order valence-electron chi connectivity index (χ2n) is 13.3. The van der Waals surface area contributed by atoms with E-state index in [1.165, 1.54) is 27.8 Å². The van der Waals surface area contributed by atoms with Gasteiger partial charge in [0.05, 0.1) is 15.2 Å². The highest BCUT2D eigenvalue weighted by Gasteiger charge is 2.15. The van der Waals surface area contributed by atoms with E-state index < -0.39 is 8.07 Å². The maximum Gasteiger partial charge on any atom is 0.118 e. The summed E-state index contributed by atoms with van der Waals surface area (Å²) >= 11 is 0. The molecule has 0 fully saturated rings. The Balaban J connectivity index is 0.000000208. The largest absolute Gasteiger partial charge is 0.497 e. The molecular weight excluding hydrogens is 549 g/mol. The van der Waals surface area contributed by atoms with E-state index in [0.29, 0.717) is 11.3 Å². The van der Waals surface area contributed by atoms with E-state index in [9.17, 15) is 0 Å². The van der Waals surface area contributed by atoms with Crippen LogP contribution >= 0.6 is 0 Å². The summed E-state index contributed by atoms with van der Waals surface area (Å²) in [4.78, 5) is 0. The molecule has 44 heavy (non-hydrogen) atoms. The van der Waals surface area contributed by atoms with Crippen molar-refractivity contribution in [1.82, 2.24) is 0 Å². The van der Waals surface area contributed by atoms with Gasteiger partial charge in [-0.25, -0.2) is 0 Å². The smallest absolute Gasteiger partial charge is 0.118 e. The average Bonchev–Trinajstić information content (AvgIpc) is 3.03. The van der Waals surface area contributed by atoms with Gasteiger partial charge < -0.3 is 4.74 Å². The standard InChI is InChI=1S/C14H14.C10H16Si.C10H14.C8H10O/c1-12(13-8-4-2-5-9-13)14-10-6-3-7-11-14;1-9-5-7-10(8-6-9)11(2,3)4;1-10(2,3)9-7-5-4-6-8-9;1-7-3-5-8(9-2)6-4-7/h2-12H,1H3;5-8H,1-4H3;4-8H,1-3H3;3-6H,1-2H3. The van der Waals surface area contributed by atoms with Crippen LogP contribution in [-0.4, -0.2) is 15.2 Å². The fourth-order valence-corrected chi connectivity index (χ4v) is 5.51. The van der Waals surface area contributed by atoms with E-state index in [1.807, 2.05) is 24.3 Å². The summed E-state index contributed by atoms with van der Waals surface area (Å²) in [5.41, 5.74) is 7.05. The molecule has 0 amide bonds. The lowest BCUT2D eigenvalue weighted by Gasteiger charge is -2.18. The first-order valence-electron chi connectivity index (χ1n) is 15.6. The fraction of sp³-hybridized carbons (Fsp3) is 0.286. The van der Waals surface area contributed by atoms with Crippen molar-refractivity contribution in [2.75, 3.05) is 7.11 Å². The Morgan fingerprint density at radius 3 is 1.20 bits per heavy atom. The van der Waals surface area contributed by atoms with Gasteiger partial charge in [-0.15, -0.1) is 0 Å². The zero-order valence-electron chi connectivity index (χ0n) is 28.8. The number of aryl methyl sites for hydroxylation is 2. The van der Waals surface area contributed by atoms with Gasteiger partial charge in [-0.3, -0.25) is 0 Å². The number of rotatable bonds is 4. The number of benzene rings is 5. The molecule has 0 unspecified atom stereocenters. The predicted molar refractivity (Wildman–Crippen MR) is 197 cm³/mol.